The smallest absolute Gasteiger partial charge is 0.220 e. The summed E-state index contributed by atoms with van der Waals surface area (Å²) in [6.45, 7) is 65.0. The third-order valence-corrected chi connectivity index (χ3v) is 20.4. The van der Waals surface area contributed by atoms with E-state index in [4.69, 9.17) is 61.1 Å². The van der Waals surface area contributed by atoms with Crippen molar-refractivity contribution in [2.45, 2.75) is 269 Å². The van der Waals surface area contributed by atoms with E-state index < -0.39 is 0 Å². The topological polar surface area (TPSA) is 153 Å². The lowest BCUT2D eigenvalue weighted by Crippen LogP contribution is -2.35. The van der Waals surface area contributed by atoms with Crippen molar-refractivity contribution in [1.82, 2.24) is 24.5 Å². The Kier molecular flexibility index (Phi) is 43.9. The van der Waals surface area contributed by atoms with Gasteiger partial charge in [0.25, 0.3) is 0 Å². The zero-order valence-corrected chi connectivity index (χ0v) is 73.3. The maximum atomic E-state index is 12.0. The minimum Gasteiger partial charge on any atom is -0.382 e. The summed E-state index contributed by atoms with van der Waals surface area (Å²) in [5, 5.41) is 13.2. The van der Waals surface area contributed by atoms with Crippen molar-refractivity contribution in [2.75, 3.05) is 166 Å². The fourth-order valence-corrected chi connectivity index (χ4v) is 15.5. The number of rotatable bonds is 41. The molecule has 0 saturated carbocycles. The standard InChI is InChI=1S/C18H32N2OS.C17H30N2OS.2C16H28N2OS.C15H26N2OS/c1-6-11-20(12-7-2)13-9-8-10-19-15-14(18(3,4)5)17(22)16(15)21;1-6-11-19(7-2)12-9-8-10-18-14-13(17(3,4)5)16(21)15(14)20;1-6-10-18(5)11-8-7-9-17-13-12(16(2,3)4)15(20)14(13)19;1-6-18(7-2)11-9-8-10-17-13-12(16(3,4)5)15(20)14(13)19;1-15(2,3)11-12(13(18)14(11)19)17(6)10-8-7-9-16(4)5/h19H,6-13H2,1-5H3;18H,6-12H2,1-5H3;2*17H,6-11H2,1-5H3;7-10H2,1-6H3. The van der Waals surface area contributed by atoms with Crippen LogP contribution < -0.4 is 53.3 Å². The van der Waals surface area contributed by atoms with E-state index in [0.29, 0.717) is 22.6 Å². The normalized spacial score (nSPS) is 12.3. The summed E-state index contributed by atoms with van der Waals surface area (Å²) < 4.78 is 2.60. The molecule has 0 aliphatic heterocycles. The van der Waals surface area contributed by atoms with Crippen molar-refractivity contribution in [3.63, 3.8) is 0 Å². The second kappa shape index (κ2) is 46.5. The lowest BCUT2D eigenvalue weighted by Gasteiger charge is -2.30. The fourth-order valence-electron chi connectivity index (χ4n) is 12.9. The molecule has 0 saturated heterocycles. The number of unbranched alkanes of at least 4 members (excludes halogenated alkanes) is 5. The van der Waals surface area contributed by atoms with E-state index in [2.05, 4.69) is 224 Å². The third kappa shape index (κ3) is 31.2. The predicted molar refractivity (Wildman–Crippen MR) is 460 cm³/mol. The van der Waals surface area contributed by atoms with Crippen molar-refractivity contribution in [1.29, 1.82) is 0 Å². The first kappa shape index (κ1) is 96.3. The summed E-state index contributed by atoms with van der Waals surface area (Å²) in [5.41, 5.74) is 8.95. The van der Waals surface area contributed by atoms with Gasteiger partial charge < -0.3 is 50.7 Å². The number of nitrogens with zero attached hydrogens (tertiary/aromatic N) is 6. The molecule has 0 heterocycles. The molecule has 0 spiro atoms. The molecule has 582 valence electrons. The van der Waals surface area contributed by atoms with Gasteiger partial charge in [-0.05, 0) is 217 Å². The van der Waals surface area contributed by atoms with Crippen LogP contribution in [0.1, 0.15) is 270 Å². The van der Waals surface area contributed by atoms with Crippen LogP contribution in [0.2, 0.25) is 0 Å². The first-order chi connectivity index (χ1) is 47.4. The van der Waals surface area contributed by atoms with Crippen LogP contribution >= 0.6 is 61.1 Å². The van der Waals surface area contributed by atoms with Crippen LogP contribution in [0.25, 0.3) is 0 Å². The molecular formula is C82H144N10O5S5. The van der Waals surface area contributed by atoms with E-state index in [1.54, 1.807) is 0 Å². The minimum absolute atomic E-state index is 0.0213. The monoisotopic (exact) mass is 1510 g/mol. The molecule has 0 atom stereocenters. The van der Waals surface area contributed by atoms with Gasteiger partial charge in [-0.2, -0.15) is 0 Å². The van der Waals surface area contributed by atoms with Crippen LogP contribution in [-0.4, -0.2) is 164 Å². The van der Waals surface area contributed by atoms with Crippen LogP contribution in [0.5, 0.6) is 0 Å². The Morgan fingerprint density at radius 1 is 0.284 bits per heavy atom. The van der Waals surface area contributed by atoms with Crippen LogP contribution in [-0.2, 0) is 27.1 Å². The van der Waals surface area contributed by atoms with Gasteiger partial charge in [0.1, 0.15) is 0 Å². The van der Waals surface area contributed by atoms with Gasteiger partial charge in [0, 0.05) is 67.6 Å². The van der Waals surface area contributed by atoms with Gasteiger partial charge in [-0.15, -0.1) is 0 Å². The Labute approximate surface area is 646 Å². The van der Waals surface area contributed by atoms with Crippen LogP contribution in [0, 0.1) is 22.6 Å². The maximum absolute atomic E-state index is 12.0. The molecule has 0 amide bonds. The van der Waals surface area contributed by atoms with E-state index in [0.717, 1.165) is 206 Å². The van der Waals surface area contributed by atoms with E-state index in [1.807, 2.05) is 7.05 Å². The second-order valence-corrected chi connectivity index (χ2v) is 35.4. The zero-order valence-electron chi connectivity index (χ0n) is 69.2. The summed E-state index contributed by atoms with van der Waals surface area (Å²) in [4.78, 5) is 73.4. The van der Waals surface area contributed by atoms with Gasteiger partial charge in [0.05, 0.1) is 51.0 Å². The zero-order chi connectivity index (χ0) is 78.3. The molecule has 5 rings (SSSR count). The number of hydrogen-bond acceptors (Lipinski definition) is 20. The molecule has 20 heteroatoms. The van der Waals surface area contributed by atoms with Gasteiger partial charge in [0.2, 0.25) is 27.1 Å². The summed E-state index contributed by atoms with van der Waals surface area (Å²) in [6.07, 6.45) is 16.1. The van der Waals surface area contributed by atoms with Crippen molar-refractivity contribution in [2.24, 2.45) is 0 Å². The molecule has 0 radical (unpaired) electrons. The van der Waals surface area contributed by atoms with Gasteiger partial charge in [0.15, 0.2) is 0 Å². The second-order valence-electron chi connectivity index (χ2n) is 33.3. The summed E-state index contributed by atoms with van der Waals surface area (Å²) >= 11 is 25.9. The van der Waals surface area contributed by atoms with Crippen LogP contribution in [0.3, 0.4) is 0 Å². The summed E-state index contributed by atoms with van der Waals surface area (Å²) in [5.74, 6) is 0. The maximum Gasteiger partial charge on any atom is 0.220 e. The van der Waals surface area contributed by atoms with Crippen molar-refractivity contribution < 1.29 is 0 Å². The van der Waals surface area contributed by atoms with Crippen molar-refractivity contribution in [3.05, 3.63) is 101 Å². The van der Waals surface area contributed by atoms with Crippen LogP contribution in [0.15, 0.2) is 24.0 Å². The molecule has 102 heavy (non-hydrogen) atoms. The van der Waals surface area contributed by atoms with E-state index in [1.165, 1.54) is 51.7 Å². The van der Waals surface area contributed by atoms with Crippen molar-refractivity contribution >= 4 is 89.5 Å². The average Bonchev–Trinajstić information content (AvgIpc) is 0.796. The third-order valence-electron chi connectivity index (χ3n) is 18.5. The molecule has 5 aromatic rings. The Hall–Kier alpha value is -3.70. The highest BCUT2D eigenvalue weighted by molar-refractivity contribution is 7.72. The predicted octanol–water partition coefficient (Wildman–Crippen LogP) is 17.8. The molecule has 5 aromatic carbocycles. The Bertz CT molecular complexity index is 3600. The first-order valence-corrected chi connectivity index (χ1v) is 40.8. The fraction of sp³-hybridized carbons (Fsp3) is 0.756. The highest BCUT2D eigenvalue weighted by atomic mass is 32.1. The quantitative estimate of drug-likeness (QED) is 0.0217. The molecule has 15 nitrogen and oxygen atoms in total. The number of hydrogen-bond donors (Lipinski definition) is 4. The highest BCUT2D eigenvalue weighted by Crippen LogP contribution is 2.36. The number of nitrogens with one attached hydrogen (secondary N) is 4. The lowest BCUT2D eigenvalue weighted by molar-refractivity contribution is 0.270. The largest absolute Gasteiger partial charge is 0.382 e. The van der Waals surface area contributed by atoms with Gasteiger partial charge in [-0.3, -0.25) is 24.0 Å². The minimum atomic E-state index is -0.0492. The summed E-state index contributed by atoms with van der Waals surface area (Å²) in [6, 6.07) is 0. The molecule has 0 aromatic heterocycles. The molecule has 0 unspecified atom stereocenters. The molecule has 0 aliphatic rings. The highest BCUT2D eigenvalue weighted by Gasteiger charge is 2.32. The molecule has 4 N–H and O–H groups in total. The Balaban J connectivity index is 0.000000638. The Morgan fingerprint density at radius 2 is 0.539 bits per heavy atom. The Morgan fingerprint density at radius 3 is 0.824 bits per heavy atom. The van der Waals surface area contributed by atoms with Gasteiger partial charge in [-0.25, -0.2) is 0 Å². The van der Waals surface area contributed by atoms with E-state index >= 15 is 0 Å². The van der Waals surface area contributed by atoms with Crippen LogP contribution in [0.4, 0.5) is 28.4 Å². The molecular weight excluding hydrogens is 1370 g/mol. The van der Waals surface area contributed by atoms with Gasteiger partial charge in [-0.1, -0.05) is 213 Å². The molecule has 0 fully saturated rings. The molecule has 0 bridgehead atoms. The summed E-state index contributed by atoms with van der Waals surface area (Å²) in [7, 11) is 8.32. The SMILES string of the molecule is CCCN(C)CCCCNc1c(C(C)(C)C)c(=S)c1=O.CCCN(CC)CCCCNc1c(C(C)(C)C)c(=S)c1=O.CCCN(CCC)CCCCNc1c(C(C)(C)C)c(=S)c1=O.CCN(CC)CCCCNc1c(C(C)(C)C)c(=S)c1=O.CN(C)CCCCN(C)c1c(C(C)(C)C)c(=S)c1=O. The molecule has 0 aliphatic carbocycles. The average molecular weight is 1510 g/mol. The van der Waals surface area contributed by atoms with E-state index in [9.17, 15) is 24.0 Å². The number of anilines is 5. The lowest BCUT2D eigenvalue weighted by atomic mass is 9.82. The first-order valence-electron chi connectivity index (χ1n) is 38.8. The van der Waals surface area contributed by atoms with E-state index in [-0.39, 0.29) is 54.2 Å². The van der Waals surface area contributed by atoms with Gasteiger partial charge >= 0.3 is 0 Å². The van der Waals surface area contributed by atoms with Crippen molar-refractivity contribution in [3.8, 4) is 0 Å².